The molecule has 180 valence electrons. The molecule has 5 heteroatoms. The van der Waals surface area contributed by atoms with E-state index in [4.69, 9.17) is 4.74 Å². The second-order valence-electron chi connectivity index (χ2n) is 9.22. The van der Waals surface area contributed by atoms with Gasteiger partial charge in [-0.1, -0.05) is 6.07 Å². The summed E-state index contributed by atoms with van der Waals surface area (Å²) in [6.45, 7) is 11.5. The van der Waals surface area contributed by atoms with Crippen molar-refractivity contribution < 1.29 is 20.1 Å². The van der Waals surface area contributed by atoms with Crippen molar-refractivity contribution in [3.05, 3.63) is 94.0 Å². The summed E-state index contributed by atoms with van der Waals surface area (Å²) in [5.74, 6) is 1.54. The molecule has 0 aromatic heterocycles. The largest absolute Gasteiger partial charge is 0.508 e. The molecular formula is C30H31NO4. The van der Waals surface area contributed by atoms with E-state index in [0.29, 0.717) is 11.5 Å². The number of aromatic hydroxyl groups is 3. The van der Waals surface area contributed by atoms with Gasteiger partial charge in [0.05, 0.1) is 11.4 Å². The Kier molecular flexibility index (Phi) is 6.35. The minimum Gasteiger partial charge on any atom is -0.508 e. The van der Waals surface area contributed by atoms with Crippen molar-refractivity contribution in [3.8, 4) is 28.7 Å². The Morgan fingerprint density at radius 3 is 1.51 bits per heavy atom. The summed E-state index contributed by atoms with van der Waals surface area (Å²) in [6, 6.07) is 18.7. The van der Waals surface area contributed by atoms with Crippen LogP contribution in [0.2, 0.25) is 0 Å². The highest BCUT2D eigenvalue weighted by molar-refractivity contribution is 5.83. The van der Waals surface area contributed by atoms with E-state index >= 15 is 0 Å². The minimum absolute atomic E-state index is 0.102. The van der Waals surface area contributed by atoms with Crippen molar-refractivity contribution in [1.29, 1.82) is 0 Å². The molecule has 0 unspecified atom stereocenters. The van der Waals surface area contributed by atoms with E-state index in [1.54, 1.807) is 18.2 Å². The fourth-order valence-electron chi connectivity index (χ4n) is 4.36. The average Bonchev–Trinajstić information content (AvgIpc) is 2.78. The summed E-state index contributed by atoms with van der Waals surface area (Å²) in [7, 11) is 0. The smallest absolute Gasteiger partial charge is 0.171 e. The Bertz CT molecular complexity index is 1330. The van der Waals surface area contributed by atoms with Crippen LogP contribution in [0.15, 0.2) is 60.7 Å². The molecule has 4 rings (SSSR count). The summed E-state index contributed by atoms with van der Waals surface area (Å²) in [5.41, 5.74) is 7.60. The monoisotopic (exact) mass is 469 g/mol. The molecule has 0 aliphatic rings. The lowest BCUT2D eigenvalue weighted by molar-refractivity contribution is 0.408. The van der Waals surface area contributed by atoms with Crippen LogP contribution >= 0.6 is 0 Å². The Morgan fingerprint density at radius 2 is 1.03 bits per heavy atom. The van der Waals surface area contributed by atoms with Crippen molar-refractivity contribution in [2.24, 2.45) is 0 Å². The van der Waals surface area contributed by atoms with Crippen molar-refractivity contribution in [2.75, 3.05) is 4.90 Å². The zero-order chi connectivity index (χ0) is 25.4. The molecule has 0 aliphatic heterocycles. The lowest BCUT2D eigenvalue weighted by Crippen LogP contribution is -2.13. The molecule has 4 aromatic carbocycles. The predicted molar refractivity (Wildman–Crippen MR) is 141 cm³/mol. The Balaban J connectivity index is 1.83. The second-order valence-corrected chi connectivity index (χ2v) is 9.22. The third-order valence-corrected chi connectivity index (χ3v) is 6.19. The molecule has 0 aliphatic carbocycles. The van der Waals surface area contributed by atoms with Gasteiger partial charge < -0.3 is 25.0 Å². The van der Waals surface area contributed by atoms with Crippen LogP contribution < -0.4 is 9.64 Å². The molecule has 0 spiro atoms. The Hall–Kier alpha value is -4.12. The Morgan fingerprint density at radius 1 is 0.571 bits per heavy atom. The van der Waals surface area contributed by atoms with E-state index in [0.717, 1.165) is 50.4 Å². The second kappa shape index (κ2) is 9.26. The molecule has 5 nitrogen and oxygen atoms in total. The van der Waals surface area contributed by atoms with Crippen LogP contribution in [0.5, 0.6) is 28.7 Å². The standard InChI is InChI=1S/C30H31NO4/c1-17-11-20(4)30(29(34)16-17)35-24-9-7-23(8-10-24)31(25-12-18(2)14-27(32)21(25)5)26-13-19(3)15-28(33)22(26)6/h7-16,32-34H,1-6H3. The molecule has 0 fully saturated rings. The molecular weight excluding hydrogens is 438 g/mol. The number of hydrogen-bond donors (Lipinski definition) is 3. The van der Waals surface area contributed by atoms with E-state index in [-0.39, 0.29) is 17.2 Å². The first kappa shape index (κ1) is 24.0. The van der Waals surface area contributed by atoms with Crippen molar-refractivity contribution in [1.82, 2.24) is 0 Å². The predicted octanol–water partition coefficient (Wildman–Crippen LogP) is 7.92. The average molecular weight is 470 g/mol. The maximum absolute atomic E-state index is 10.6. The van der Waals surface area contributed by atoms with Gasteiger partial charge in [-0.25, -0.2) is 0 Å². The van der Waals surface area contributed by atoms with Crippen LogP contribution in [0, 0.1) is 41.5 Å². The van der Waals surface area contributed by atoms with Gasteiger partial charge in [-0.05, 0) is 118 Å². The number of benzene rings is 4. The summed E-state index contributed by atoms with van der Waals surface area (Å²) in [4.78, 5) is 2.03. The van der Waals surface area contributed by atoms with Crippen molar-refractivity contribution in [2.45, 2.75) is 41.5 Å². The molecule has 0 heterocycles. The summed E-state index contributed by atoms with van der Waals surface area (Å²) >= 11 is 0. The molecule has 0 amide bonds. The van der Waals surface area contributed by atoms with Gasteiger partial charge in [0.1, 0.15) is 17.2 Å². The SMILES string of the molecule is Cc1cc(C)c(Oc2ccc(N(c3cc(C)cc(O)c3C)c3cc(C)cc(O)c3C)cc2)c(O)c1. The van der Waals surface area contributed by atoms with E-state index < -0.39 is 0 Å². The number of phenols is 3. The quantitative estimate of drug-likeness (QED) is 0.277. The summed E-state index contributed by atoms with van der Waals surface area (Å²) in [5, 5.41) is 31.5. The topological polar surface area (TPSA) is 73.2 Å². The van der Waals surface area contributed by atoms with Gasteiger partial charge in [0.2, 0.25) is 0 Å². The fraction of sp³-hybridized carbons (Fsp3) is 0.200. The van der Waals surface area contributed by atoms with Crippen LogP contribution in [0.3, 0.4) is 0 Å². The lowest BCUT2D eigenvalue weighted by Gasteiger charge is -2.30. The first-order valence-corrected chi connectivity index (χ1v) is 11.5. The lowest BCUT2D eigenvalue weighted by atomic mass is 10.0. The van der Waals surface area contributed by atoms with E-state index in [9.17, 15) is 15.3 Å². The number of nitrogens with zero attached hydrogens (tertiary/aromatic N) is 1. The Labute approximate surface area is 206 Å². The molecule has 4 aromatic rings. The molecule has 35 heavy (non-hydrogen) atoms. The number of rotatable bonds is 5. The highest BCUT2D eigenvalue weighted by atomic mass is 16.5. The molecule has 0 saturated carbocycles. The van der Waals surface area contributed by atoms with Gasteiger partial charge in [-0.15, -0.1) is 0 Å². The number of anilines is 3. The van der Waals surface area contributed by atoms with E-state index in [1.165, 1.54) is 0 Å². The number of phenolic OH excluding ortho intramolecular Hbond substituents is 3. The molecule has 0 radical (unpaired) electrons. The highest BCUT2D eigenvalue weighted by Gasteiger charge is 2.21. The van der Waals surface area contributed by atoms with Crippen LogP contribution in [-0.4, -0.2) is 15.3 Å². The normalized spacial score (nSPS) is 10.9. The van der Waals surface area contributed by atoms with Gasteiger partial charge in [-0.3, -0.25) is 0 Å². The summed E-state index contributed by atoms with van der Waals surface area (Å²) < 4.78 is 6.02. The van der Waals surface area contributed by atoms with Gasteiger partial charge in [0.15, 0.2) is 11.5 Å². The maximum atomic E-state index is 10.6. The summed E-state index contributed by atoms with van der Waals surface area (Å²) in [6.07, 6.45) is 0. The van der Waals surface area contributed by atoms with Gasteiger partial charge in [0.25, 0.3) is 0 Å². The molecule has 3 N–H and O–H groups in total. The third-order valence-electron chi connectivity index (χ3n) is 6.19. The fourth-order valence-corrected chi connectivity index (χ4v) is 4.36. The van der Waals surface area contributed by atoms with Crippen LogP contribution in [0.25, 0.3) is 0 Å². The van der Waals surface area contributed by atoms with Crippen molar-refractivity contribution in [3.63, 3.8) is 0 Å². The first-order valence-electron chi connectivity index (χ1n) is 11.5. The maximum Gasteiger partial charge on any atom is 0.171 e. The molecule has 0 saturated heterocycles. The van der Waals surface area contributed by atoms with Gasteiger partial charge in [-0.2, -0.15) is 0 Å². The zero-order valence-electron chi connectivity index (χ0n) is 21.0. The zero-order valence-corrected chi connectivity index (χ0v) is 21.0. The van der Waals surface area contributed by atoms with E-state index in [2.05, 4.69) is 0 Å². The van der Waals surface area contributed by atoms with E-state index in [1.807, 2.05) is 88.9 Å². The van der Waals surface area contributed by atoms with Crippen LogP contribution in [-0.2, 0) is 0 Å². The molecule has 0 atom stereocenters. The van der Waals surface area contributed by atoms with Gasteiger partial charge >= 0.3 is 0 Å². The van der Waals surface area contributed by atoms with Crippen molar-refractivity contribution >= 4 is 17.1 Å². The third kappa shape index (κ3) is 4.76. The number of aryl methyl sites for hydroxylation is 4. The van der Waals surface area contributed by atoms with Crippen LogP contribution in [0.1, 0.15) is 33.4 Å². The van der Waals surface area contributed by atoms with Crippen LogP contribution in [0.4, 0.5) is 17.1 Å². The minimum atomic E-state index is 0.102. The molecule has 0 bridgehead atoms. The highest BCUT2D eigenvalue weighted by Crippen LogP contribution is 2.44. The number of ether oxygens (including phenoxy) is 1. The van der Waals surface area contributed by atoms with Gasteiger partial charge in [0, 0.05) is 16.8 Å². The number of hydrogen-bond acceptors (Lipinski definition) is 5. The first-order chi connectivity index (χ1) is 16.5.